The third-order valence-electron chi connectivity index (χ3n) is 13.6. The predicted molar refractivity (Wildman–Crippen MR) is 314 cm³/mol. The average molecular weight is 1000 g/mol. The summed E-state index contributed by atoms with van der Waals surface area (Å²) in [5, 5.41) is 43.2. The van der Waals surface area contributed by atoms with Crippen LogP contribution in [0.3, 0.4) is 0 Å². The molecule has 0 bridgehead atoms. The van der Waals surface area contributed by atoms with Crippen LogP contribution in [0.25, 0.3) is 66.7 Å². The lowest BCUT2D eigenvalue weighted by Crippen LogP contribution is -2.09. The Kier molecular flexibility index (Phi) is 13.5. The number of aromatic nitrogens is 3. The topological polar surface area (TPSA) is 132 Å². The van der Waals surface area contributed by atoms with Crippen LogP contribution in [0.4, 0.5) is 34.1 Å². The normalized spacial score (nSPS) is 11.3. The van der Waals surface area contributed by atoms with Gasteiger partial charge in [0.05, 0.1) is 62.5 Å². The van der Waals surface area contributed by atoms with E-state index < -0.39 is 0 Å². The van der Waals surface area contributed by atoms with E-state index in [4.69, 9.17) is 9.97 Å². The van der Waals surface area contributed by atoms with Crippen molar-refractivity contribution in [3.05, 3.63) is 277 Å². The molecule has 2 heterocycles. The summed E-state index contributed by atoms with van der Waals surface area (Å²) in [4.78, 5) is 14.3. The summed E-state index contributed by atoms with van der Waals surface area (Å²) in [5.74, 6) is 0.466. The Morgan fingerprint density at radius 3 is 1.27 bits per heavy atom. The molecule has 0 aliphatic carbocycles. The minimum atomic E-state index is 0.338. The van der Waals surface area contributed by atoms with Gasteiger partial charge in [-0.1, -0.05) is 128 Å². The molecule has 0 amide bonds. The Labute approximate surface area is 452 Å². The van der Waals surface area contributed by atoms with Crippen molar-refractivity contribution in [3.8, 4) is 63.6 Å². The highest BCUT2D eigenvalue weighted by molar-refractivity contribution is 6.12. The van der Waals surface area contributed by atoms with Crippen LogP contribution in [0.1, 0.15) is 29.4 Å². The minimum Gasteiger partial charge on any atom is -0.310 e. The largest absolute Gasteiger partial charge is 0.310 e. The molecule has 2 aromatic heterocycles. The van der Waals surface area contributed by atoms with E-state index in [9.17, 15) is 21.0 Å². The molecule has 366 valence electrons. The number of nitrogens with zero attached hydrogens (tertiary/aromatic N) is 9. The van der Waals surface area contributed by atoms with Crippen LogP contribution >= 0.6 is 0 Å². The molecule has 0 spiro atoms. The number of benzene rings is 9. The zero-order chi connectivity index (χ0) is 53.5. The molecule has 9 aromatic carbocycles. The molecule has 11 aromatic rings. The van der Waals surface area contributed by atoms with Gasteiger partial charge in [-0.05, 0) is 145 Å². The Hall–Kier alpha value is -11.4. The Morgan fingerprint density at radius 2 is 0.872 bits per heavy atom. The fourth-order valence-corrected chi connectivity index (χ4v) is 9.84. The lowest BCUT2D eigenvalue weighted by Gasteiger charge is -2.26. The summed E-state index contributed by atoms with van der Waals surface area (Å²) < 4.78 is 2.07. The zero-order valence-corrected chi connectivity index (χ0v) is 42.3. The summed E-state index contributed by atoms with van der Waals surface area (Å²) in [6.07, 6.45) is 4.96. The number of rotatable bonds is 13. The van der Waals surface area contributed by atoms with Crippen molar-refractivity contribution in [3.63, 3.8) is 0 Å². The van der Waals surface area contributed by atoms with Gasteiger partial charge in [-0.15, -0.1) is 0 Å². The number of allylic oxidation sites excluding steroid dienone is 5. The molecule has 0 atom stereocenters. The fraction of sp³-hybridized carbons (Fsp3) is 0.0145. The molecular weight excluding hydrogens is 955 g/mol. The van der Waals surface area contributed by atoms with Gasteiger partial charge in [0, 0.05) is 56.0 Å². The van der Waals surface area contributed by atoms with Gasteiger partial charge in [-0.2, -0.15) is 21.0 Å². The Morgan fingerprint density at radius 1 is 0.449 bits per heavy atom. The third-order valence-corrected chi connectivity index (χ3v) is 13.6. The molecule has 0 aliphatic rings. The van der Waals surface area contributed by atoms with Crippen LogP contribution in [0.5, 0.6) is 0 Å². The highest BCUT2D eigenvalue weighted by Crippen LogP contribution is 2.44. The molecule has 9 nitrogen and oxygen atoms in total. The molecule has 78 heavy (non-hydrogen) atoms. The molecule has 0 fully saturated rings. The van der Waals surface area contributed by atoms with Gasteiger partial charge in [0.1, 0.15) is 12.1 Å². The van der Waals surface area contributed by atoms with Crippen LogP contribution in [0, 0.1) is 45.3 Å². The predicted octanol–water partition coefficient (Wildman–Crippen LogP) is 17.2. The summed E-state index contributed by atoms with van der Waals surface area (Å²) in [6, 6.07) is 83.9. The van der Waals surface area contributed by atoms with E-state index in [1.807, 2.05) is 134 Å². The van der Waals surface area contributed by atoms with Crippen molar-refractivity contribution in [2.75, 3.05) is 9.80 Å². The van der Waals surface area contributed by atoms with Crippen molar-refractivity contribution in [1.82, 2.24) is 14.5 Å². The first kappa shape index (κ1) is 48.9. The van der Waals surface area contributed by atoms with Crippen LogP contribution < -0.4 is 9.80 Å². The van der Waals surface area contributed by atoms with E-state index in [2.05, 4.69) is 130 Å². The van der Waals surface area contributed by atoms with Gasteiger partial charge in [-0.25, -0.2) is 9.97 Å². The molecule has 0 radical (unpaired) electrons. The average Bonchev–Trinajstić information content (AvgIpc) is 4.03. The molecule has 0 saturated carbocycles. The minimum absolute atomic E-state index is 0.338. The number of hydrogen-bond donors (Lipinski definition) is 0. The van der Waals surface area contributed by atoms with Crippen molar-refractivity contribution in [2.24, 2.45) is 0 Å². The number of para-hydroxylation sites is 4. The second-order valence-corrected chi connectivity index (χ2v) is 18.4. The third kappa shape index (κ3) is 9.54. The summed E-state index contributed by atoms with van der Waals surface area (Å²) in [6.45, 7) is 5.61. The second kappa shape index (κ2) is 21.6. The lowest BCUT2D eigenvalue weighted by molar-refractivity contribution is 1.12. The Balaban J connectivity index is 1.05. The van der Waals surface area contributed by atoms with E-state index in [0.717, 1.165) is 78.2 Å². The first-order valence-corrected chi connectivity index (χ1v) is 25.2. The lowest BCUT2D eigenvalue weighted by atomic mass is 9.96. The molecule has 9 heteroatoms. The molecular formula is C69H45N9. The maximum absolute atomic E-state index is 11.2. The van der Waals surface area contributed by atoms with E-state index in [1.165, 1.54) is 6.08 Å². The fourth-order valence-electron chi connectivity index (χ4n) is 9.84. The first-order chi connectivity index (χ1) is 38.4. The van der Waals surface area contributed by atoms with E-state index in [1.54, 1.807) is 24.3 Å². The van der Waals surface area contributed by atoms with E-state index in [0.29, 0.717) is 50.7 Å². The van der Waals surface area contributed by atoms with Crippen LogP contribution in [0.2, 0.25) is 0 Å². The summed E-state index contributed by atoms with van der Waals surface area (Å²) in [5.41, 5.74) is 14.8. The molecule has 0 saturated heterocycles. The molecule has 0 N–H and O–H groups in total. The van der Waals surface area contributed by atoms with Crippen molar-refractivity contribution in [1.29, 1.82) is 21.0 Å². The second-order valence-electron chi connectivity index (χ2n) is 18.4. The van der Waals surface area contributed by atoms with Gasteiger partial charge >= 0.3 is 0 Å². The Bertz CT molecular complexity index is 4050. The van der Waals surface area contributed by atoms with Crippen molar-refractivity contribution in [2.45, 2.75) is 6.92 Å². The van der Waals surface area contributed by atoms with Crippen molar-refractivity contribution >= 4 is 61.5 Å². The standard InChI is InChI=1S/C69H45N9/c1-3-48(43-70)25-24-47(2)69-74-64(51-28-26-49(44-71)27-29-51)42-65(75-69)52-32-30-50(31-33-52)53-38-54(45-72)68(55(39-53)46-73)78-66-36-34-60(76(56-16-8-4-9-17-56)57-18-10-5-11-19-57)40-62(66)63-41-61(35-37-67(63)78)77(58-20-12-6-13-21-58)59-22-14-7-15-23-59/h3-42H,1H2,2H3/b47-24+,48-25+. The number of hydrogen-bond acceptors (Lipinski definition) is 8. The van der Waals surface area contributed by atoms with E-state index >= 15 is 0 Å². The summed E-state index contributed by atoms with van der Waals surface area (Å²) >= 11 is 0. The molecule has 11 rings (SSSR count). The highest BCUT2D eigenvalue weighted by atomic mass is 15.1. The van der Waals surface area contributed by atoms with E-state index in [-0.39, 0.29) is 0 Å². The highest BCUT2D eigenvalue weighted by Gasteiger charge is 2.24. The van der Waals surface area contributed by atoms with Gasteiger partial charge in [0.2, 0.25) is 0 Å². The molecule has 0 unspecified atom stereocenters. The first-order valence-electron chi connectivity index (χ1n) is 25.2. The maximum atomic E-state index is 11.2. The van der Waals surface area contributed by atoms with Gasteiger partial charge in [-0.3, -0.25) is 0 Å². The van der Waals surface area contributed by atoms with Crippen LogP contribution in [-0.2, 0) is 0 Å². The number of nitriles is 4. The van der Waals surface area contributed by atoms with Crippen LogP contribution in [0.15, 0.2) is 255 Å². The summed E-state index contributed by atoms with van der Waals surface area (Å²) in [7, 11) is 0. The smallest absolute Gasteiger partial charge is 0.156 e. The maximum Gasteiger partial charge on any atom is 0.156 e. The van der Waals surface area contributed by atoms with Gasteiger partial charge in [0.25, 0.3) is 0 Å². The molecule has 0 aliphatic heterocycles. The SMILES string of the molecule is C=C/C(C#N)=C\C=C(/C)c1nc(-c2ccc(C#N)cc2)cc(-c2ccc(-c3cc(C#N)c(-n4c5ccc(N(c6ccccc6)c6ccccc6)cc5c5cc(N(c6ccccc6)c6ccccc6)ccc54)c(C#N)c3)cc2)n1. The number of fused-ring (bicyclic) bond motifs is 3. The van der Waals surface area contributed by atoms with Crippen LogP contribution in [-0.4, -0.2) is 14.5 Å². The zero-order valence-electron chi connectivity index (χ0n) is 42.3. The van der Waals surface area contributed by atoms with Gasteiger partial charge < -0.3 is 14.4 Å². The monoisotopic (exact) mass is 999 g/mol. The van der Waals surface area contributed by atoms with Crippen molar-refractivity contribution < 1.29 is 0 Å². The van der Waals surface area contributed by atoms with Gasteiger partial charge in [0.15, 0.2) is 5.82 Å². The quantitative estimate of drug-likeness (QED) is 0.0824. The number of anilines is 6.